The summed E-state index contributed by atoms with van der Waals surface area (Å²) in [4.78, 5) is 4.50. The molecule has 0 radical (unpaired) electrons. The molecule has 1 heterocycles. The fraction of sp³-hybridized carbons (Fsp3) is 0.750. The number of aryl methyl sites for hydroxylation is 1. The summed E-state index contributed by atoms with van der Waals surface area (Å²) in [6.45, 7) is 8.94. The molecule has 1 rings (SSSR count). The van der Waals surface area contributed by atoms with Crippen molar-refractivity contribution in [1.82, 2.24) is 25.4 Å². The van der Waals surface area contributed by atoms with Crippen LogP contribution in [-0.4, -0.2) is 47.0 Å². The molecule has 20 heavy (non-hydrogen) atoms. The predicted octanol–water partition coefficient (Wildman–Crippen LogP) is 1.01. The van der Waals surface area contributed by atoms with Crippen LogP contribution in [0.3, 0.4) is 0 Å². The van der Waals surface area contributed by atoms with Crippen molar-refractivity contribution in [3.63, 3.8) is 0 Å². The molecular weight excluding hydrogens is 371 g/mol. The van der Waals surface area contributed by atoms with Crippen LogP contribution in [-0.2, 0) is 17.8 Å². The van der Waals surface area contributed by atoms with Gasteiger partial charge in [-0.05, 0) is 20.8 Å². The maximum Gasteiger partial charge on any atom is 0.191 e. The topological polar surface area (TPSA) is 76.4 Å². The SMILES string of the molecule is CCNC(=NCc1nncn1CC)NC(C)COC.I. The quantitative estimate of drug-likeness (QED) is 0.409. The van der Waals surface area contributed by atoms with Crippen LogP contribution in [0.1, 0.15) is 26.6 Å². The van der Waals surface area contributed by atoms with Crippen LogP contribution in [0.2, 0.25) is 0 Å². The first-order valence-corrected chi connectivity index (χ1v) is 6.61. The normalized spacial score (nSPS) is 12.7. The molecule has 116 valence electrons. The van der Waals surface area contributed by atoms with Gasteiger partial charge in [-0.1, -0.05) is 0 Å². The van der Waals surface area contributed by atoms with Crippen molar-refractivity contribution in [2.75, 3.05) is 20.3 Å². The second-order valence-electron chi connectivity index (χ2n) is 4.23. The van der Waals surface area contributed by atoms with Crippen molar-refractivity contribution in [2.45, 2.75) is 39.9 Å². The highest BCUT2D eigenvalue weighted by Gasteiger charge is 2.06. The lowest BCUT2D eigenvalue weighted by molar-refractivity contribution is 0.179. The maximum atomic E-state index is 5.10. The first kappa shape index (κ1) is 19.1. The molecule has 0 fully saturated rings. The molecule has 0 saturated heterocycles. The zero-order chi connectivity index (χ0) is 14.1. The van der Waals surface area contributed by atoms with E-state index in [1.165, 1.54) is 0 Å². The van der Waals surface area contributed by atoms with Crippen LogP contribution in [0.15, 0.2) is 11.3 Å². The molecule has 1 unspecified atom stereocenters. The Morgan fingerprint density at radius 2 is 2.25 bits per heavy atom. The van der Waals surface area contributed by atoms with E-state index in [9.17, 15) is 0 Å². The number of hydrogen-bond donors (Lipinski definition) is 2. The van der Waals surface area contributed by atoms with Gasteiger partial charge in [0.25, 0.3) is 0 Å². The molecule has 0 aliphatic carbocycles. The van der Waals surface area contributed by atoms with Crippen LogP contribution >= 0.6 is 24.0 Å². The molecule has 0 spiro atoms. The summed E-state index contributed by atoms with van der Waals surface area (Å²) < 4.78 is 7.08. The van der Waals surface area contributed by atoms with E-state index in [0.717, 1.165) is 24.9 Å². The van der Waals surface area contributed by atoms with E-state index in [4.69, 9.17) is 4.74 Å². The van der Waals surface area contributed by atoms with Crippen LogP contribution in [0, 0.1) is 0 Å². The monoisotopic (exact) mass is 396 g/mol. The highest BCUT2D eigenvalue weighted by molar-refractivity contribution is 14.0. The molecule has 0 aliphatic heterocycles. The van der Waals surface area contributed by atoms with Crippen molar-refractivity contribution in [1.29, 1.82) is 0 Å². The third-order valence-corrected chi connectivity index (χ3v) is 2.56. The Kier molecular flexibility index (Phi) is 10.3. The van der Waals surface area contributed by atoms with Gasteiger partial charge in [-0.3, -0.25) is 0 Å². The minimum absolute atomic E-state index is 0. The minimum atomic E-state index is 0. The molecule has 0 aromatic carbocycles. The lowest BCUT2D eigenvalue weighted by Gasteiger charge is -2.16. The Morgan fingerprint density at radius 3 is 2.85 bits per heavy atom. The number of aliphatic imine (C=N–C) groups is 1. The molecule has 8 heteroatoms. The number of nitrogens with one attached hydrogen (secondary N) is 2. The molecule has 1 aromatic rings. The van der Waals surface area contributed by atoms with Crippen molar-refractivity contribution >= 4 is 29.9 Å². The average molecular weight is 396 g/mol. The lowest BCUT2D eigenvalue weighted by Crippen LogP contribution is -2.44. The summed E-state index contributed by atoms with van der Waals surface area (Å²) in [5.74, 6) is 1.62. The van der Waals surface area contributed by atoms with Gasteiger partial charge in [0.1, 0.15) is 12.9 Å². The van der Waals surface area contributed by atoms with Gasteiger partial charge in [-0.15, -0.1) is 34.2 Å². The fourth-order valence-corrected chi connectivity index (χ4v) is 1.66. The summed E-state index contributed by atoms with van der Waals surface area (Å²) in [6, 6.07) is 0.201. The number of nitrogens with zero attached hydrogens (tertiary/aromatic N) is 4. The Labute approximate surface area is 137 Å². The van der Waals surface area contributed by atoms with E-state index in [2.05, 4.69) is 32.7 Å². The lowest BCUT2D eigenvalue weighted by atomic mass is 10.4. The van der Waals surface area contributed by atoms with Gasteiger partial charge >= 0.3 is 0 Å². The highest BCUT2D eigenvalue weighted by atomic mass is 127. The molecule has 0 bridgehead atoms. The highest BCUT2D eigenvalue weighted by Crippen LogP contribution is 1.97. The third kappa shape index (κ3) is 6.51. The fourth-order valence-electron chi connectivity index (χ4n) is 1.66. The first-order valence-electron chi connectivity index (χ1n) is 6.61. The number of methoxy groups -OCH3 is 1. The smallest absolute Gasteiger partial charge is 0.191 e. The second-order valence-corrected chi connectivity index (χ2v) is 4.23. The standard InChI is InChI=1S/C12H24N6O.HI/c1-5-13-12(16-10(3)8-19-4)14-7-11-17-15-9-18(11)6-2;/h9-10H,5-8H2,1-4H3,(H2,13,14,16);1H. The number of ether oxygens (including phenoxy) is 1. The van der Waals surface area contributed by atoms with Crippen molar-refractivity contribution in [2.24, 2.45) is 4.99 Å². The van der Waals surface area contributed by atoms with Crippen molar-refractivity contribution < 1.29 is 4.74 Å². The summed E-state index contributed by atoms with van der Waals surface area (Å²) in [5.41, 5.74) is 0. The van der Waals surface area contributed by atoms with Gasteiger partial charge in [-0.25, -0.2) is 4.99 Å². The molecule has 7 nitrogen and oxygen atoms in total. The first-order chi connectivity index (χ1) is 9.21. The van der Waals surface area contributed by atoms with Crippen LogP contribution in [0.25, 0.3) is 0 Å². The zero-order valence-electron chi connectivity index (χ0n) is 12.6. The molecule has 0 saturated carbocycles. The van der Waals surface area contributed by atoms with Gasteiger partial charge in [0.2, 0.25) is 0 Å². The average Bonchev–Trinajstić information content (AvgIpc) is 2.84. The van der Waals surface area contributed by atoms with E-state index in [1.54, 1.807) is 13.4 Å². The summed E-state index contributed by atoms with van der Waals surface area (Å²) >= 11 is 0. The van der Waals surface area contributed by atoms with E-state index >= 15 is 0 Å². The summed E-state index contributed by atoms with van der Waals surface area (Å²) in [7, 11) is 1.69. The Bertz CT molecular complexity index is 395. The number of halogens is 1. The van der Waals surface area contributed by atoms with E-state index in [0.29, 0.717) is 13.2 Å². The molecule has 2 N–H and O–H groups in total. The van der Waals surface area contributed by atoms with E-state index in [1.807, 2.05) is 18.4 Å². The minimum Gasteiger partial charge on any atom is -0.383 e. The van der Waals surface area contributed by atoms with Crippen LogP contribution in [0.4, 0.5) is 0 Å². The van der Waals surface area contributed by atoms with Gasteiger partial charge in [-0.2, -0.15) is 0 Å². The number of aromatic nitrogens is 3. The van der Waals surface area contributed by atoms with Gasteiger partial charge in [0.15, 0.2) is 11.8 Å². The van der Waals surface area contributed by atoms with Crippen molar-refractivity contribution in [3.05, 3.63) is 12.2 Å². The molecule has 1 atom stereocenters. The second kappa shape index (κ2) is 10.8. The molecular formula is C12H25IN6O. The Balaban J connectivity index is 0.00000361. The number of rotatable bonds is 7. The zero-order valence-corrected chi connectivity index (χ0v) is 14.9. The van der Waals surface area contributed by atoms with Crippen LogP contribution in [0.5, 0.6) is 0 Å². The van der Waals surface area contributed by atoms with Gasteiger partial charge in [0.05, 0.1) is 6.61 Å². The Morgan fingerprint density at radius 1 is 1.50 bits per heavy atom. The summed E-state index contributed by atoms with van der Waals surface area (Å²) in [6.07, 6.45) is 1.72. The molecule has 1 aromatic heterocycles. The Hall–Kier alpha value is -0.900. The largest absolute Gasteiger partial charge is 0.383 e. The third-order valence-electron chi connectivity index (χ3n) is 2.56. The van der Waals surface area contributed by atoms with Gasteiger partial charge in [0, 0.05) is 26.2 Å². The van der Waals surface area contributed by atoms with E-state index in [-0.39, 0.29) is 30.0 Å². The van der Waals surface area contributed by atoms with E-state index < -0.39 is 0 Å². The predicted molar refractivity (Wildman–Crippen MR) is 90.4 cm³/mol. The molecule has 0 amide bonds. The maximum absolute atomic E-state index is 5.10. The number of guanidine groups is 1. The molecule has 0 aliphatic rings. The number of hydrogen-bond acceptors (Lipinski definition) is 4. The van der Waals surface area contributed by atoms with Gasteiger partial charge < -0.3 is 19.9 Å². The van der Waals surface area contributed by atoms with Crippen molar-refractivity contribution in [3.8, 4) is 0 Å². The summed E-state index contributed by atoms with van der Waals surface area (Å²) in [5, 5.41) is 14.4. The van der Waals surface area contributed by atoms with Crippen LogP contribution < -0.4 is 10.6 Å².